The second kappa shape index (κ2) is 5.54. The van der Waals surface area contributed by atoms with E-state index >= 15 is 0 Å². The molecule has 0 saturated heterocycles. The van der Waals surface area contributed by atoms with Crippen LogP contribution in [-0.2, 0) is 6.42 Å². The summed E-state index contributed by atoms with van der Waals surface area (Å²) in [5.74, 6) is 0.286. The Bertz CT molecular complexity index is 764. The highest BCUT2D eigenvalue weighted by Crippen LogP contribution is 2.34. The van der Waals surface area contributed by atoms with Crippen LogP contribution in [0.25, 0.3) is 0 Å². The van der Waals surface area contributed by atoms with Crippen molar-refractivity contribution in [2.75, 3.05) is 7.11 Å². The van der Waals surface area contributed by atoms with E-state index in [1.165, 1.54) is 7.11 Å². The molecule has 2 aromatic rings. The highest BCUT2D eigenvalue weighted by Gasteiger charge is 2.14. The molecular formula is C13H13BrN2O4. The maximum Gasteiger partial charge on any atom is 0.325 e. The van der Waals surface area contributed by atoms with E-state index in [9.17, 15) is 14.7 Å². The fraction of sp³-hybridized carbons (Fsp3) is 0.231. The SMILES string of the molecule is COc1cc(Br)cc(Cc2c(C)[nH]c(=O)[nH]c2=O)c1O. The number of nitrogens with one attached hydrogen (secondary N) is 2. The van der Waals surface area contributed by atoms with Crippen molar-refractivity contribution < 1.29 is 9.84 Å². The Labute approximate surface area is 122 Å². The molecule has 0 aliphatic heterocycles. The zero-order chi connectivity index (χ0) is 14.9. The predicted molar refractivity (Wildman–Crippen MR) is 77.6 cm³/mol. The number of phenols is 1. The Balaban J connectivity index is 2.53. The lowest BCUT2D eigenvalue weighted by molar-refractivity contribution is 0.370. The lowest BCUT2D eigenvalue weighted by Gasteiger charge is -2.10. The van der Waals surface area contributed by atoms with Gasteiger partial charge in [0.15, 0.2) is 11.5 Å². The maximum absolute atomic E-state index is 11.8. The zero-order valence-electron chi connectivity index (χ0n) is 10.9. The molecule has 0 bridgehead atoms. The van der Waals surface area contributed by atoms with Gasteiger partial charge in [-0.05, 0) is 19.1 Å². The van der Waals surface area contributed by atoms with E-state index < -0.39 is 11.2 Å². The van der Waals surface area contributed by atoms with Crippen LogP contribution in [0.2, 0.25) is 0 Å². The van der Waals surface area contributed by atoms with Gasteiger partial charge >= 0.3 is 5.69 Å². The van der Waals surface area contributed by atoms with Gasteiger partial charge in [0.25, 0.3) is 5.56 Å². The van der Waals surface area contributed by atoms with E-state index in [4.69, 9.17) is 4.74 Å². The third kappa shape index (κ3) is 2.77. The summed E-state index contributed by atoms with van der Waals surface area (Å²) < 4.78 is 5.78. The number of halogens is 1. The lowest BCUT2D eigenvalue weighted by Crippen LogP contribution is -2.27. The van der Waals surface area contributed by atoms with Gasteiger partial charge in [0.2, 0.25) is 0 Å². The molecule has 6 nitrogen and oxygen atoms in total. The number of ether oxygens (including phenoxy) is 1. The van der Waals surface area contributed by atoms with Crippen LogP contribution in [0.4, 0.5) is 0 Å². The first-order chi connectivity index (χ1) is 9.42. The first-order valence-electron chi connectivity index (χ1n) is 5.80. The average molecular weight is 341 g/mol. The Morgan fingerprint density at radius 1 is 1.30 bits per heavy atom. The van der Waals surface area contributed by atoms with Gasteiger partial charge in [0.05, 0.1) is 7.11 Å². The first-order valence-corrected chi connectivity index (χ1v) is 6.59. The maximum atomic E-state index is 11.8. The van der Waals surface area contributed by atoms with E-state index in [-0.39, 0.29) is 12.2 Å². The zero-order valence-corrected chi connectivity index (χ0v) is 12.5. The first kappa shape index (κ1) is 14.4. The van der Waals surface area contributed by atoms with Gasteiger partial charge in [0.1, 0.15) is 0 Å². The molecule has 0 saturated carbocycles. The third-order valence-electron chi connectivity index (χ3n) is 2.96. The van der Waals surface area contributed by atoms with E-state index in [1.807, 2.05) is 0 Å². The number of hydrogen-bond donors (Lipinski definition) is 3. The van der Waals surface area contributed by atoms with Crippen LogP contribution in [0.1, 0.15) is 16.8 Å². The number of hydrogen-bond acceptors (Lipinski definition) is 4. The molecule has 0 amide bonds. The molecular weight excluding hydrogens is 328 g/mol. The van der Waals surface area contributed by atoms with Crippen molar-refractivity contribution in [3.05, 3.63) is 54.3 Å². The van der Waals surface area contributed by atoms with Gasteiger partial charge in [-0.15, -0.1) is 0 Å². The Hall–Kier alpha value is -2.02. The summed E-state index contributed by atoms with van der Waals surface area (Å²) in [6, 6.07) is 3.32. The molecule has 0 fully saturated rings. The number of phenolic OH excluding ortho intramolecular Hbond substituents is 1. The fourth-order valence-electron chi connectivity index (χ4n) is 1.95. The summed E-state index contributed by atoms with van der Waals surface area (Å²) in [4.78, 5) is 27.7. The smallest absolute Gasteiger partial charge is 0.325 e. The van der Waals surface area contributed by atoms with Crippen LogP contribution in [0.5, 0.6) is 11.5 Å². The number of benzene rings is 1. The highest BCUT2D eigenvalue weighted by molar-refractivity contribution is 9.10. The monoisotopic (exact) mass is 340 g/mol. The van der Waals surface area contributed by atoms with Gasteiger partial charge < -0.3 is 14.8 Å². The molecule has 0 atom stereocenters. The second-order valence-electron chi connectivity index (χ2n) is 4.30. The third-order valence-corrected chi connectivity index (χ3v) is 3.42. The van der Waals surface area contributed by atoms with Crippen LogP contribution in [0.3, 0.4) is 0 Å². The summed E-state index contributed by atoms with van der Waals surface area (Å²) in [5, 5.41) is 10.1. The minimum Gasteiger partial charge on any atom is -0.504 e. The Kier molecular flexibility index (Phi) is 3.99. The van der Waals surface area contributed by atoms with E-state index in [0.717, 1.165) is 4.47 Å². The second-order valence-corrected chi connectivity index (χ2v) is 5.22. The van der Waals surface area contributed by atoms with Crippen LogP contribution in [-0.4, -0.2) is 22.2 Å². The molecule has 106 valence electrons. The number of rotatable bonds is 3. The number of aromatic nitrogens is 2. The van der Waals surface area contributed by atoms with Crippen molar-refractivity contribution in [2.24, 2.45) is 0 Å². The summed E-state index contributed by atoms with van der Waals surface area (Å²) >= 11 is 3.32. The number of aromatic hydroxyl groups is 1. The molecule has 0 radical (unpaired) electrons. The summed E-state index contributed by atoms with van der Waals surface area (Å²) in [7, 11) is 1.45. The largest absolute Gasteiger partial charge is 0.504 e. The number of aryl methyl sites for hydroxylation is 1. The molecule has 1 heterocycles. The molecule has 1 aromatic carbocycles. The normalized spacial score (nSPS) is 10.6. The van der Waals surface area contributed by atoms with Gasteiger partial charge in [-0.2, -0.15) is 0 Å². The van der Waals surface area contributed by atoms with E-state index in [1.54, 1.807) is 19.1 Å². The van der Waals surface area contributed by atoms with E-state index in [0.29, 0.717) is 22.6 Å². The highest BCUT2D eigenvalue weighted by atomic mass is 79.9. The molecule has 7 heteroatoms. The molecule has 0 spiro atoms. The molecule has 0 aliphatic carbocycles. The van der Waals surface area contributed by atoms with E-state index in [2.05, 4.69) is 25.9 Å². The van der Waals surface area contributed by atoms with Gasteiger partial charge in [-0.3, -0.25) is 9.78 Å². The van der Waals surface area contributed by atoms with Crippen molar-refractivity contribution in [3.63, 3.8) is 0 Å². The number of aromatic amines is 2. The van der Waals surface area contributed by atoms with Gasteiger partial charge in [-0.1, -0.05) is 15.9 Å². The van der Waals surface area contributed by atoms with Crippen molar-refractivity contribution in [3.8, 4) is 11.5 Å². The summed E-state index contributed by atoms with van der Waals surface area (Å²) in [6.07, 6.45) is 0.180. The quantitative estimate of drug-likeness (QED) is 0.787. The van der Waals surface area contributed by atoms with Crippen molar-refractivity contribution in [1.82, 2.24) is 9.97 Å². The fourth-order valence-corrected chi connectivity index (χ4v) is 2.43. The van der Waals surface area contributed by atoms with Crippen LogP contribution >= 0.6 is 15.9 Å². The minimum absolute atomic E-state index is 0.0271. The molecule has 0 unspecified atom stereocenters. The molecule has 3 N–H and O–H groups in total. The predicted octanol–water partition coefficient (Wildman–Crippen LogP) is 1.44. The van der Waals surface area contributed by atoms with Gasteiger partial charge in [0, 0.05) is 27.7 Å². The lowest BCUT2D eigenvalue weighted by atomic mass is 10.0. The standard InChI is InChI=1S/C13H13BrN2O4/c1-6-9(12(18)16-13(19)15-6)4-7-3-8(14)5-10(20-2)11(7)17/h3,5,17H,4H2,1-2H3,(H2,15,16,18,19). The van der Waals surface area contributed by atoms with Crippen LogP contribution in [0.15, 0.2) is 26.2 Å². The summed E-state index contributed by atoms with van der Waals surface area (Å²) in [6.45, 7) is 1.64. The Morgan fingerprint density at radius 2 is 2.00 bits per heavy atom. The molecule has 20 heavy (non-hydrogen) atoms. The molecule has 0 aliphatic rings. The summed E-state index contributed by atoms with van der Waals surface area (Å²) in [5.41, 5.74) is 0.367. The minimum atomic E-state index is -0.549. The number of methoxy groups -OCH3 is 1. The van der Waals surface area contributed by atoms with Crippen molar-refractivity contribution >= 4 is 15.9 Å². The molecule has 1 aromatic heterocycles. The average Bonchev–Trinajstić information content (AvgIpc) is 2.37. The number of H-pyrrole nitrogens is 2. The molecule has 2 rings (SSSR count). The van der Waals surface area contributed by atoms with Crippen molar-refractivity contribution in [1.29, 1.82) is 0 Å². The van der Waals surface area contributed by atoms with Crippen molar-refractivity contribution in [2.45, 2.75) is 13.3 Å². The van der Waals surface area contributed by atoms with Crippen LogP contribution in [0, 0.1) is 6.92 Å². The van der Waals surface area contributed by atoms with Crippen LogP contribution < -0.4 is 16.0 Å². The Morgan fingerprint density at radius 3 is 2.60 bits per heavy atom. The van der Waals surface area contributed by atoms with Gasteiger partial charge in [-0.25, -0.2) is 4.79 Å². The topological polar surface area (TPSA) is 95.2 Å².